The second-order valence-corrected chi connectivity index (χ2v) is 4.61. The minimum Gasteiger partial charge on any atom is -0.367 e. The first-order chi connectivity index (χ1) is 7.49. The molecule has 0 saturated carbocycles. The fourth-order valence-corrected chi connectivity index (χ4v) is 2.12. The smallest absolute Gasteiger partial charge is 0.367 e. The van der Waals surface area contributed by atoms with Gasteiger partial charge in [0.2, 0.25) is 0 Å². The van der Waals surface area contributed by atoms with Crippen LogP contribution in [0.5, 0.6) is 0 Å². The van der Waals surface area contributed by atoms with Gasteiger partial charge in [-0.3, -0.25) is 9.05 Å². The lowest BCUT2D eigenvalue weighted by Crippen LogP contribution is -2.09. The van der Waals surface area contributed by atoms with Crippen molar-refractivity contribution in [2.75, 3.05) is 13.2 Å². The second-order valence-electron chi connectivity index (χ2n) is 3.02. The van der Waals surface area contributed by atoms with Gasteiger partial charge in [-0.1, -0.05) is 19.9 Å². The van der Waals surface area contributed by atoms with Gasteiger partial charge >= 0.3 is 13.8 Å². The summed E-state index contributed by atoms with van der Waals surface area (Å²) in [5.74, 6) is -0.730. The minimum atomic E-state index is -3.76. The van der Waals surface area contributed by atoms with Crippen molar-refractivity contribution in [3.05, 3.63) is 12.2 Å². The molecule has 0 aromatic carbocycles. The van der Waals surface area contributed by atoms with Crippen LogP contribution >= 0.6 is 7.82 Å². The molecule has 0 radical (unpaired) electrons. The molecule has 0 aliphatic heterocycles. The maximum absolute atomic E-state index is 11.8. The van der Waals surface area contributed by atoms with E-state index in [1.165, 1.54) is 0 Å². The summed E-state index contributed by atoms with van der Waals surface area (Å²) >= 11 is 0. The number of carbonyl (C=O) groups excluding carboxylic acids is 1. The molecule has 6 heteroatoms. The molecule has 0 aromatic heterocycles. The van der Waals surface area contributed by atoms with E-state index in [0.29, 0.717) is 6.42 Å². The SMILES string of the molecule is C=C(CCC)C(=O)OP(=O)(OCC)OCC. The molecule has 0 unspecified atom stereocenters. The maximum Gasteiger partial charge on any atom is 0.532 e. The summed E-state index contributed by atoms with van der Waals surface area (Å²) in [6, 6.07) is 0. The molecule has 0 aliphatic carbocycles. The van der Waals surface area contributed by atoms with Gasteiger partial charge in [0, 0.05) is 5.57 Å². The minimum absolute atomic E-state index is 0.144. The Kier molecular flexibility index (Phi) is 7.30. The van der Waals surface area contributed by atoms with Crippen LogP contribution in [-0.4, -0.2) is 19.2 Å². The highest BCUT2D eigenvalue weighted by Crippen LogP contribution is 2.49. The van der Waals surface area contributed by atoms with E-state index in [9.17, 15) is 9.36 Å². The molecule has 0 aromatic rings. The standard InChI is InChI=1S/C10H19O5P/c1-5-8-9(4)10(11)15-16(12,13-6-2)14-7-3/h4-8H2,1-3H3. The number of hydrogen-bond donors (Lipinski definition) is 0. The first kappa shape index (κ1) is 15.4. The van der Waals surface area contributed by atoms with Crippen molar-refractivity contribution in [3.8, 4) is 0 Å². The van der Waals surface area contributed by atoms with Crippen LogP contribution in [0.25, 0.3) is 0 Å². The number of carbonyl (C=O) groups is 1. The zero-order valence-electron chi connectivity index (χ0n) is 10.0. The number of rotatable bonds is 8. The van der Waals surface area contributed by atoms with Gasteiger partial charge in [0.1, 0.15) is 0 Å². The summed E-state index contributed by atoms with van der Waals surface area (Å²) in [6.45, 7) is 9.01. The lowest BCUT2D eigenvalue weighted by atomic mass is 10.2. The monoisotopic (exact) mass is 250 g/mol. The van der Waals surface area contributed by atoms with Crippen LogP contribution in [0.3, 0.4) is 0 Å². The Morgan fingerprint density at radius 3 is 2.06 bits per heavy atom. The number of hydrogen-bond acceptors (Lipinski definition) is 5. The zero-order valence-corrected chi connectivity index (χ0v) is 10.9. The zero-order chi connectivity index (χ0) is 12.6. The Morgan fingerprint density at radius 1 is 1.19 bits per heavy atom. The molecule has 0 atom stereocenters. The van der Waals surface area contributed by atoms with E-state index in [4.69, 9.17) is 13.6 Å². The van der Waals surface area contributed by atoms with Crippen molar-refractivity contribution in [1.82, 2.24) is 0 Å². The molecular formula is C10H19O5P. The van der Waals surface area contributed by atoms with Crippen molar-refractivity contribution >= 4 is 13.8 Å². The fraction of sp³-hybridized carbons (Fsp3) is 0.700. The van der Waals surface area contributed by atoms with Crippen LogP contribution in [0.1, 0.15) is 33.6 Å². The lowest BCUT2D eigenvalue weighted by molar-refractivity contribution is -0.132. The van der Waals surface area contributed by atoms with Gasteiger partial charge in [-0.15, -0.1) is 0 Å². The lowest BCUT2D eigenvalue weighted by Gasteiger charge is -2.16. The topological polar surface area (TPSA) is 61.8 Å². The number of phosphoric acid groups is 1. The molecule has 0 amide bonds. The first-order valence-electron chi connectivity index (χ1n) is 5.29. The van der Waals surface area contributed by atoms with E-state index >= 15 is 0 Å². The van der Waals surface area contributed by atoms with Crippen molar-refractivity contribution in [3.63, 3.8) is 0 Å². The highest BCUT2D eigenvalue weighted by molar-refractivity contribution is 7.49. The van der Waals surface area contributed by atoms with Crippen LogP contribution in [0.15, 0.2) is 12.2 Å². The average molecular weight is 250 g/mol. The highest BCUT2D eigenvalue weighted by Gasteiger charge is 2.30. The summed E-state index contributed by atoms with van der Waals surface area (Å²) in [6.07, 6.45) is 1.26. The fourth-order valence-electron chi connectivity index (χ4n) is 0.976. The van der Waals surface area contributed by atoms with E-state index in [2.05, 4.69) is 6.58 Å². The Hall–Kier alpha value is -0.640. The van der Waals surface area contributed by atoms with Gasteiger partial charge in [0.25, 0.3) is 0 Å². The molecule has 5 nitrogen and oxygen atoms in total. The van der Waals surface area contributed by atoms with E-state index in [0.717, 1.165) is 6.42 Å². The van der Waals surface area contributed by atoms with Crippen molar-refractivity contribution < 1.29 is 22.9 Å². The van der Waals surface area contributed by atoms with E-state index in [1.807, 2.05) is 6.92 Å². The predicted octanol–water partition coefficient (Wildman–Crippen LogP) is 3.07. The van der Waals surface area contributed by atoms with E-state index < -0.39 is 13.8 Å². The van der Waals surface area contributed by atoms with Crippen molar-refractivity contribution in [1.29, 1.82) is 0 Å². The highest BCUT2D eigenvalue weighted by atomic mass is 31.2. The molecule has 0 bridgehead atoms. The summed E-state index contributed by atoms with van der Waals surface area (Å²) in [5, 5.41) is 0. The van der Waals surface area contributed by atoms with Crippen LogP contribution < -0.4 is 0 Å². The Labute approximate surface area is 96.4 Å². The summed E-state index contributed by atoms with van der Waals surface area (Å²) in [5.41, 5.74) is 0.266. The predicted molar refractivity (Wildman–Crippen MR) is 61.0 cm³/mol. The van der Waals surface area contributed by atoms with Crippen LogP contribution in [0, 0.1) is 0 Å². The average Bonchev–Trinajstić information content (AvgIpc) is 2.18. The van der Waals surface area contributed by atoms with Gasteiger partial charge in [-0.2, -0.15) is 0 Å². The molecule has 0 spiro atoms. The largest absolute Gasteiger partial charge is 0.532 e. The first-order valence-corrected chi connectivity index (χ1v) is 6.75. The summed E-state index contributed by atoms with van der Waals surface area (Å²) < 4.78 is 26.1. The maximum atomic E-state index is 11.8. The molecular weight excluding hydrogens is 231 g/mol. The molecule has 0 fully saturated rings. The quantitative estimate of drug-likeness (QED) is 0.489. The molecule has 0 heterocycles. The van der Waals surface area contributed by atoms with Crippen LogP contribution in [0.2, 0.25) is 0 Å². The Morgan fingerprint density at radius 2 is 1.69 bits per heavy atom. The normalized spacial score (nSPS) is 11.2. The summed E-state index contributed by atoms with van der Waals surface area (Å²) in [4.78, 5) is 11.4. The van der Waals surface area contributed by atoms with Gasteiger partial charge in [0.05, 0.1) is 13.2 Å². The Bertz CT molecular complexity index is 277. The van der Waals surface area contributed by atoms with Gasteiger partial charge in [-0.05, 0) is 20.3 Å². The van der Waals surface area contributed by atoms with E-state index in [-0.39, 0.29) is 18.8 Å². The van der Waals surface area contributed by atoms with Crippen LogP contribution in [-0.2, 0) is 22.9 Å². The van der Waals surface area contributed by atoms with Gasteiger partial charge in [-0.25, -0.2) is 9.36 Å². The second kappa shape index (κ2) is 7.60. The third kappa shape index (κ3) is 5.45. The molecule has 0 aliphatic rings. The van der Waals surface area contributed by atoms with Gasteiger partial charge < -0.3 is 4.52 Å². The molecule has 94 valence electrons. The molecule has 0 rings (SSSR count). The van der Waals surface area contributed by atoms with Crippen molar-refractivity contribution in [2.24, 2.45) is 0 Å². The summed E-state index contributed by atoms with van der Waals surface area (Å²) in [7, 11) is -3.76. The molecule has 16 heavy (non-hydrogen) atoms. The number of phosphoric ester groups is 1. The molecule has 0 saturated heterocycles. The Balaban J connectivity index is 4.45. The van der Waals surface area contributed by atoms with E-state index in [1.54, 1.807) is 13.8 Å². The van der Waals surface area contributed by atoms with Gasteiger partial charge in [0.15, 0.2) is 0 Å². The third-order valence-corrected chi connectivity index (χ3v) is 3.15. The molecule has 0 N–H and O–H groups in total. The van der Waals surface area contributed by atoms with Crippen LogP contribution in [0.4, 0.5) is 0 Å². The van der Waals surface area contributed by atoms with Crippen molar-refractivity contribution in [2.45, 2.75) is 33.6 Å². The third-order valence-electron chi connectivity index (χ3n) is 1.61.